The van der Waals surface area contributed by atoms with E-state index >= 15 is 0 Å². The SMILES string of the molecule is COC(=O)c1ccc(Nc2ccc(NS(C)(=O)=O)cc2)cc1. The van der Waals surface area contributed by atoms with Crippen LogP contribution in [0, 0.1) is 0 Å². The largest absolute Gasteiger partial charge is 0.465 e. The van der Waals surface area contributed by atoms with E-state index in [-0.39, 0.29) is 5.97 Å². The topological polar surface area (TPSA) is 84.5 Å². The summed E-state index contributed by atoms with van der Waals surface area (Å²) < 4.78 is 29.3. The molecule has 0 aliphatic rings. The highest BCUT2D eigenvalue weighted by Gasteiger charge is 2.05. The molecule has 7 heteroatoms. The maximum atomic E-state index is 11.3. The third-order valence-electron chi connectivity index (χ3n) is 2.78. The lowest BCUT2D eigenvalue weighted by atomic mass is 10.2. The van der Waals surface area contributed by atoms with Gasteiger partial charge in [0.2, 0.25) is 10.0 Å². The van der Waals surface area contributed by atoms with Crippen LogP contribution in [0.1, 0.15) is 10.4 Å². The molecule has 2 N–H and O–H groups in total. The van der Waals surface area contributed by atoms with Gasteiger partial charge in [0.1, 0.15) is 0 Å². The summed E-state index contributed by atoms with van der Waals surface area (Å²) in [4.78, 5) is 11.3. The van der Waals surface area contributed by atoms with E-state index in [1.54, 1.807) is 48.5 Å². The maximum Gasteiger partial charge on any atom is 0.337 e. The summed E-state index contributed by atoms with van der Waals surface area (Å²) in [5, 5.41) is 3.15. The average molecular weight is 320 g/mol. The summed E-state index contributed by atoms with van der Waals surface area (Å²) in [5.74, 6) is -0.386. The fraction of sp³-hybridized carbons (Fsp3) is 0.133. The molecule has 0 atom stereocenters. The highest BCUT2D eigenvalue weighted by atomic mass is 32.2. The number of carbonyl (C=O) groups excluding carboxylic acids is 1. The third kappa shape index (κ3) is 4.49. The Bertz CT molecular complexity index is 753. The second kappa shape index (κ2) is 6.48. The van der Waals surface area contributed by atoms with Crippen LogP contribution in [0.5, 0.6) is 0 Å². The third-order valence-corrected chi connectivity index (χ3v) is 3.39. The van der Waals surface area contributed by atoms with Crippen LogP contribution < -0.4 is 10.0 Å². The lowest BCUT2D eigenvalue weighted by Gasteiger charge is -2.09. The first kappa shape index (κ1) is 15.8. The van der Waals surface area contributed by atoms with Crippen molar-refractivity contribution >= 4 is 33.1 Å². The predicted octanol–water partition coefficient (Wildman–Crippen LogP) is 2.59. The summed E-state index contributed by atoms with van der Waals surface area (Å²) in [5.41, 5.74) is 2.57. The molecular weight excluding hydrogens is 304 g/mol. The lowest BCUT2D eigenvalue weighted by molar-refractivity contribution is 0.0601. The van der Waals surface area contributed by atoms with E-state index in [0.717, 1.165) is 17.6 Å². The van der Waals surface area contributed by atoms with Gasteiger partial charge in [-0.15, -0.1) is 0 Å². The number of ether oxygens (including phenoxy) is 1. The molecule has 2 rings (SSSR count). The minimum Gasteiger partial charge on any atom is -0.465 e. The van der Waals surface area contributed by atoms with Crippen molar-refractivity contribution < 1.29 is 17.9 Å². The van der Waals surface area contributed by atoms with Crippen LogP contribution in [0.2, 0.25) is 0 Å². The Balaban J connectivity index is 2.06. The van der Waals surface area contributed by atoms with Gasteiger partial charge in [0, 0.05) is 17.1 Å². The molecule has 2 aromatic carbocycles. The zero-order chi connectivity index (χ0) is 16.2. The van der Waals surface area contributed by atoms with Gasteiger partial charge in [-0.25, -0.2) is 13.2 Å². The molecule has 0 amide bonds. The first-order chi connectivity index (χ1) is 10.4. The first-order valence-electron chi connectivity index (χ1n) is 6.40. The molecule has 0 aliphatic heterocycles. The summed E-state index contributed by atoms with van der Waals surface area (Å²) in [6, 6.07) is 13.7. The number of benzene rings is 2. The number of carbonyl (C=O) groups is 1. The van der Waals surface area contributed by atoms with Crippen LogP contribution >= 0.6 is 0 Å². The number of sulfonamides is 1. The van der Waals surface area contributed by atoms with Crippen LogP contribution in [-0.2, 0) is 14.8 Å². The number of esters is 1. The van der Waals surface area contributed by atoms with E-state index in [1.807, 2.05) is 0 Å². The number of hydrogen-bond donors (Lipinski definition) is 2. The highest BCUT2D eigenvalue weighted by Crippen LogP contribution is 2.20. The Morgan fingerprint density at radius 3 is 1.82 bits per heavy atom. The van der Waals surface area contributed by atoms with E-state index in [2.05, 4.69) is 14.8 Å². The van der Waals surface area contributed by atoms with E-state index in [1.165, 1.54) is 7.11 Å². The Morgan fingerprint density at radius 1 is 0.909 bits per heavy atom. The van der Waals surface area contributed by atoms with Crippen molar-refractivity contribution in [3.05, 3.63) is 54.1 Å². The van der Waals surface area contributed by atoms with Gasteiger partial charge < -0.3 is 10.1 Å². The Kier molecular flexibility index (Phi) is 4.67. The summed E-state index contributed by atoms with van der Waals surface area (Å²) in [6.45, 7) is 0. The molecule has 0 saturated carbocycles. The van der Waals surface area contributed by atoms with Gasteiger partial charge in [0.25, 0.3) is 0 Å². The van der Waals surface area contributed by atoms with Crippen LogP contribution in [0.4, 0.5) is 17.1 Å². The Morgan fingerprint density at radius 2 is 1.36 bits per heavy atom. The van der Waals surface area contributed by atoms with Gasteiger partial charge in [-0.3, -0.25) is 4.72 Å². The fourth-order valence-electron chi connectivity index (χ4n) is 1.81. The molecule has 0 saturated heterocycles. The molecule has 0 radical (unpaired) electrons. The van der Waals surface area contributed by atoms with Gasteiger partial charge in [-0.1, -0.05) is 0 Å². The molecule has 0 spiro atoms. The summed E-state index contributed by atoms with van der Waals surface area (Å²) in [6.07, 6.45) is 1.10. The number of anilines is 3. The molecule has 0 unspecified atom stereocenters. The molecule has 0 aromatic heterocycles. The van der Waals surface area contributed by atoms with Crippen LogP contribution in [0.15, 0.2) is 48.5 Å². The number of nitrogens with one attached hydrogen (secondary N) is 2. The van der Waals surface area contributed by atoms with Gasteiger partial charge >= 0.3 is 5.97 Å². The quantitative estimate of drug-likeness (QED) is 0.827. The second-order valence-electron chi connectivity index (χ2n) is 4.65. The predicted molar refractivity (Wildman–Crippen MR) is 86.0 cm³/mol. The molecule has 0 heterocycles. The molecule has 0 bridgehead atoms. The molecule has 22 heavy (non-hydrogen) atoms. The van der Waals surface area contributed by atoms with Crippen molar-refractivity contribution in [3.8, 4) is 0 Å². The van der Waals surface area contributed by atoms with Crippen LogP contribution in [0.3, 0.4) is 0 Å². The molecule has 2 aromatic rings. The van der Waals surface area contributed by atoms with Crippen molar-refractivity contribution in [3.63, 3.8) is 0 Å². The monoisotopic (exact) mass is 320 g/mol. The van der Waals surface area contributed by atoms with Crippen molar-refractivity contribution in [2.75, 3.05) is 23.4 Å². The van der Waals surface area contributed by atoms with Gasteiger partial charge in [-0.2, -0.15) is 0 Å². The normalized spacial score (nSPS) is 10.8. The lowest BCUT2D eigenvalue weighted by Crippen LogP contribution is -2.09. The fourth-order valence-corrected chi connectivity index (χ4v) is 2.37. The number of methoxy groups -OCH3 is 1. The van der Waals surface area contributed by atoms with Crippen LogP contribution in [-0.4, -0.2) is 27.8 Å². The standard InChI is InChI=1S/C15H16N2O4S/c1-21-15(18)11-3-5-12(6-4-11)16-13-7-9-14(10-8-13)17-22(2,19)20/h3-10,16-17H,1-2H3. The van der Waals surface area contributed by atoms with E-state index in [4.69, 9.17) is 0 Å². The minimum absolute atomic E-state index is 0.386. The number of hydrogen-bond acceptors (Lipinski definition) is 5. The Labute approximate surface area is 129 Å². The summed E-state index contributed by atoms with van der Waals surface area (Å²) in [7, 11) is -1.94. The zero-order valence-corrected chi connectivity index (χ0v) is 13.0. The molecule has 0 fully saturated rings. The molecule has 116 valence electrons. The smallest absolute Gasteiger partial charge is 0.337 e. The van der Waals surface area contributed by atoms with Gasteiger partial charge in [0.05, 0.1) is 18.9 Å². The van der Waals surface area contributed by atoms with E-state index < -0.39 is 10.0 Å². The van der Waals surface area contributed by atoms with E-state index in [0.29, 0.717) is 11.3 Å². The number of rotatable bonds is 5. The highest BCUT2D eigenvalue weighted by molar-refractivity contribution is 7.92. The molecule has 6 nitrogen and oxygen atoms in total. The zero-order valence-electron chi connectivity index (χ0n) is 12.2. The van der Waals surface area contributed by atoms with Gasteiger partial charge in [0.15, 0.2) is 0 Å². The maximum absolute atomic E-state index is 11.3. The van der Waals surface area contributed by atoms with Crippen molar-refractivity contribution in [2.45, 2.75) is 0 Å². The van der Waals surface area contributed by atoms with Crippen molar-refractivity contribution in [1.29, 1.82) is 0 Å². The summed E-state index contributed by atoms with van der Waals surface area (Å²) >= 11 is 0. The van der Waals surface area contributed by atoms with Crippen molar-refractivity contribution in [2.24, 2.45) is 0 Å². The van der Waals surface area contributed by atoms with Crippen molar-refractivity contribution in [1.82, 2.24) is 0 Å². The van der Waals surface area contributed by atoms with Crippen LogP contribution in [0.25, 0.3) is 0 Å². The minimum atomic E-state index is -3.28. The van der Waals surface area contributed by atoms with E-state index in [9.17, 15) is 13.2 Å². The Hall–Kier alpha value is -2.54. The molecule has 0 aliphatic carbocycles. The van der Waals surface area contributed by atoms with Gasteiger partial charge in [-0.05, 0) is 48.5 Å². The second-order valence-corrected chi connectivity index (χ2v) is 6.39. The first-order valence-corrected chi connectivity index (χ1v) is 8.30. The molecular formula is C15H16N2O4S. The average Bonchev–Trinajstić information content (AvgIpc) is 2.48.